The lowest BCUT2D eigenvalue weighted by Gasteiger charge is -2.32. The van der Waals surface area contributed by atoms with Gasteiger partial charge in [-0.05, 0) is 38.9 Å². The number of anilines is 1. The molecule has 0 spiro atoms. The van der Waals surface area contributed by atoms with Gasteiger partial charge >= 0.3 is 0 Å². The van der Waals surface area contributed by atoms with E-state index in [9.17, 15) is 4.39 Å². The zero-order chi connectivity index (χ0) is 14.0. The summed E-state index contributed by atoms with van der Waals surface area (Å²) in [6.07, 6.45) is 1.08. The molecule has 1 saturated heterocycles. The van der Waals surface area contributed by atoms with Crippen LogP contribution in [-0.4, -0.2) is 32.8 Å². The summed E-state index contributed by atoms with van der Waals surface area (Å²) < 4.78 is 19.9. The Morgan fingerprint density at radius 2 is 2.21 bits per heavy atom. The van der Waals surface area contributed by atoms with E-state index in [1.54, 1.807) is 6.07 Å². The van der Waals surface area contributed by atoms with Crippen LogP contribution in [0.3, 0.4) is 0 Å². The van der Waals surface area contributed by atoms with Crippen LogP contribution >= 0.6 is 0 Å². The molecule has 0 saturated carbocycles. The minimum Gasteiger partial charge on any atom is -0.376 e. The maximum Gasteiger partial charge on any atom is 0.146 e. The monoisotopic (exact) mass is 266 g/mol. The summed E-state index contributed by atoms with van der Waals surface area (Å²) in [4.78, 5) is 2.04. The van der Waals surface area contributed by atoms with Gasteiger partial charge in [-0.25, -0.2) is 4.39 Å². The van der Waals surface area contributed by atoms with Gasteiger partial charge in [0.25, 0.3) is 0 Å². The predicted octanol–water partition coefficient (Wildman–Crippen LogP) is 2.72. The molecule has 0 amide bonds. The van der Waals surface area contributed by atoms with Crippen LogP contribution in [0.5, 0.6) is 0 Å². The van der Waals surface area contributed by atoms with Gasteiger partial charge in [0.05, 0.1) is 17.8 Å². The van der Waals surface area contributed by atoms with Gasteiger partial charge in [-0.2, -0.15) is 0 Å². The molecule has 2 rings (SSSR count). The molecule has 1 heterocycles. The van der Waals surface area contributed by atoms with Crippen molar-refractivity contribution in [2.45, 2.75) is 38.5 Å². The molecule has 3 nitrogen and oxygen atoms in total. The summed E-state index contributed by atoms with van der Waals surface area (Å²) in [5.41, 5.74) is 1.68. The van der Waals surface area contributed by atoms with Gasteiger partial charge < -0.3 is 15.0 Å². The maximum absolute atomic E-state index is 14.3. The number of para-hydroxylation sites is 1. The zero-order valence-electron chi connectivity index (χ0n) is 12.1. The van der Waals surface area contributed by atoms with Crippen LogP contribution in [0, 0.1) is 5.82 Å². The van der Waals surface area contributed by atoms with E-state index in [4.69, 9.17) is 4.74 Å². The van der Waals surface area contributed by atoms with Crippen LogP contribution in [0.25, 0.3) is 0 Å². The second kappa shape index (κ2) is 5.88. The Morgan fingerprint density at radius 1 is 1.47 bits per heavy atom. The normalized spacial score (nSPS) is 24.5. The molecule has 0 aliphatic carbocycles. The molecule has 4 heteroatoms. The molecule has 1 aliphatic heterocycles. The minimum atomic E-state index is -0.166. The first-order valence-electron chi connectivity index (χ1n) is 6.86. The second-order valence-corrected chi connectivity index (χ2v) is 5.23. The van der Waals surface area contributed by atoms with Gasteiger partial charge in [0.15, 0.2) is 0 Å². The lowest BCUT2D eigenvalue weighted by atomic mass is 10.0. The van der Waals surface area contributed by atoms with E-state index in [0.717, 1.165) is 18.6 Å². The highest BCUT2D eigenvalue weighted by molar-refractivity contribution is 5.56. The highest BCUT2D eigenvalue weighted by atomic mass is 19.1. The molecule has 0 radical (unpaired) electrons. The number of hydrogen-bond acceptors (Lipinski definition) is 3. The standard InChI is InChI=1S/C15H23FN2O/c1-10(17-3)12-6-5-7-13(16)15(12)18(4)14-8-9-19-11(14)2/h5-7,10-11,14,17H,8-9H2,1-4H3. The van der Waals surface area contributed by atoms with Crippen molar-refractivity contribution < 1.29 is 9.13 Å². The smallest absolute Gasteiger partial charge is 0.146 e. The highest BCUT2D eigenvalue weighted by Gasteiger charge is 2.30. The van der Waals surface area contributed by atoms with Crippen molar-refractivity contribution in [3.05, 3.63) is 29.6 Å². The first-order valence-corrected chi connectivity index (χ1v) is 6.86. The maximum atomic E-state index is 14.3. The van der Waals surface area contributed by atoms with E-state index in [1.807, 2.05) is 32.0 Å². The van der Waals surface area contributed by atoms with Crippen LogP contribution in [0.4, 0.5) is 10.1 Å². The molecular formula is C15H23FN2O. The van der Waals surface area contributed by atoms with Gasteiger partial charge in [-0.1, -0.05) is 12.1 Å². The lowest BCUT2D eigenvalue weighted by Crippen LogP contribution is -2.38. The van der Waals surface area contributed by atoms with Crippen molar-refractivity contribution in [2.24, 2.45) is 0 Å². The zero-order valence-corrected chi connectivity index (χ0v) is 12.1. The molecule has 3 unspecified atom stereocenters. The van der Waals surface area contributed by atoms with Crippen LogP contribution in [0.1, 0.15) is 31.9 Å². The molecule has 3 atom stereocenters. The first kappa shape index (κ1) is 14.3. The summed E-state index contributed by atoms with van der Waals surface area (Å²) in [6.45, 7) is 4.85. The third kappa shape index (κ3) is 2.74. The van der Waals surface area contributed by atoms with E-state index in [0.29, 0.717) is 5.69 Å². The Balaban J connectivity index is 2.37. The number of ether oxygens (including phenoxy) is 1. The van der Waals surface area contributed by atoms with Crippen molar-refractivity contribution in [3.8, 4) is 0 Å². The van der Waals surface area contributed by atoms with Gasteiger partial charge in [0, 0.05) is 19.7 Å². The average molecular weight is 266 g/mol. The Kier molecular flexibility index (Phi) is 4.42. The Hall–Kier alpha value is -1.13. The average Bonchev–Trinajstić information content (AvgIpc) is 2.83. The number of halogens is 1. The summed E-state index contributed by atoms with van der Waals surface area (Å²) in [7, 11) is 3.85. The Labute approximate surface area is 114 Å². The van der Waals surface area contributed by atoms with Gasteiger partial charge in [-0.15, -0.1) is 0 Å². The van der Waals surface area contributed by atoms with Gasteiger partial charge in [0.1, 0.15) is 5.82 Å². The van der Waals surface area contributed by atoms with E-state index in [1.165, 1.54) is 6.07 Å². The van der Waals surface area contributed by atoms with E-state index in [-0.39, 0.29) is 24.0 Å². The van der Waals surface area contributed by atoms with Gasteiger partial charge in [0.2, 0.25) is 0 Å². The molecule has 19 heavy (non-hydrogen) atoms. The molecular weight excluding hydrogens is 243 g/mol. The van der Waals surface area contributed by atoms with Crippen molar-refractivity contribution in [2.75, 3.05) is 25.6 Å². The van der Waals surface area contributed by atoms with Crippen LogP contribution < -0.4 is 10.2 Å². The summed E-state index contributed by atoms with van der Waals surface area (Å²) in [6, 6.07) is 5.63. The number of benzene rings is 1. The van der Waals surface area contributed by atoms with Crippen molar-refractivity contribution >= 4 is 5.69 Å². The number of nitrogens with zero attached hydrogens (tertiary/aromatic N) is 1. The van der Waals surface area contributed by atoms with Crippen molar-refractivity contribution in [1.29, 1.82) is 0 Å². The summed E-state index contributed by atoms with van der Waals surface area (Å²) in [5.74, 6) is -0.166. The van der Waals surface area contributed by atoms with Crippen LogP contribution in [0.15, 0.2) is 18.2 Å². The SMILES string of the molecule is CNC(C)c1cccc(F)c1N(C)C1CCOC1C. The largest absolute Gasteiger partial charge is 0.376 e. The van der Waals surface area contributed by atoms with Crippen LogP contribution in [-0.2, 0) is 4.74 Å². The molecule has 0 bridgehead atoms. The Bertz CT molecular complexity index is 438. The quantitative estimate of drug-likeness (QED) is 0.907. The molecule has 106 valence electrons. The molecule has 1 aliphatic rings. The number of hydrogen-bond donors (Lipinski definition) is 1. The molecule has 1 fully saturated rings. The van der Waals surface area contributed by atoms with E-state index < -0.39 is 0 Å². The van der Waals surface area contributed by atoms with Gasteiger partial charge in [-0.3, -0.25) is 0 Å². The van der Waals surface area contributed by atoms with Crippen LogP contribution in [0.2, 0.25) is 0 Å². The minimum absolute atomic E-state index is 0.116. The fourth-order valence-corrected chi connectivity index (χ4v) is 2.80. The fourth-order valence-electron chi connectivity index (χ4n) is 2.80. The topological polar surface area (TPSA) is 24.5 Å². The Morgan fingerprint density at radius 3 is 2.79 bits per heavy atom. The number of nitrogens with one attached hydrogen (secondary N) is 1. The third-order valence-corrected chi connectivity index (χ3v) is 4.10. The molecule has 1 aromatic rings. The third-order valence-electron chi connectivity index (χ3n) is 4.10. The molecule has 0 aromatic heterocycles. The predicted molar refractivity (Wildman–Crippen MR) is 76.1 cm³/mol. The fraction of sp³-hybridized carbons (Fsp3) is 0.600. The highest BCUT2D eigenvalue weighted by Crippen LogP contribution is 2.32. The van der Waals surface area contributed by atoms with E-state index in [2.05, 4.69) is 12.2 Å². The lowest BCUT2D eigenvalue weighted by molar-refractivity contribution is 0.118. The second-order valence-electron chi connectivity index (χ2n) is 5.23. The number of likely N-dealkylation sites (N-methyl/N-ethyl adjacent to an activating group) is 1. The van der Waals surface area contributed by atoms with E-state index >= 15 is 0 Å². The first-order chi connectivity index (χ1) is 9.06. The number of rotatable bonds is 4. The van der Waals surface area contributed by atoms with Crippen molar-refractivity contribution in [3.63, 3.8) is 0 Å². The summed E-state index contributed by atoms with van der Waals surface area (Å²) >= 11 is 0. The molecule has 1 aromatic carbocycles. The molecule has 1 N–H and O–H groups in total. The summed E-state index contributed by atoms with van der Waals surface area (Å²) in [5, 5.41) is 3.18. The van der Waals surface area contributed by atoms with Crippen molar-refractivity contribution in [1.82, 2.24) is 5.32 Å².